The lowest BCUT2D eigenvalue weighted by atomic mass is 9.89. The fraction of sp³-hybridized carbons (Fsp3) is 0.263. The third-order valence-electron chi connectivity index (χ3n) is 3.87. The second-order valence-electron chi connectivity index (χ2n) is 5.50. The monoisotopic (exact) mass is 339 g/mol. The molecule has 0 heterocycles. The van der Waals surface area contributed by atoms with Crippen LogP contribution < -0.4 is 0 Å². The third-order valence-corrected chi connectivity index (χ3v) is 3.87. The van der Waals surface area contributed by atoms with Crippen LogP contribution in [-0.2, 0) is 12.8 Å². The predicted molar refractivity (Wildman–Crippen MR) is 94.0 cm³/mol. The van der Waals surface area contributed by atoms with Crippen molar-refractivity contribution in [1.82, 2.24) is 0 Å². The zero-order valence-corrected chi connectivity index (χ0v) is 14.8. The first-order valence-electron chi connectivity index (χ1n) is 7.69. The summed E-state index contributed by atoms with van der Waals surface area (Å²) < 4.78 is 0. The van der Waals surface area contributed by atoms with Crippen molar-refractivity contribution in [2.24, 2.45) is 0 Å². The van der Waals surface area contributed by atoms with E-state index in [9.17, 15) is 19.8 Å². The molecule has 0 saturated carbocycles. The van der Waals surface area contributed by atoms with Crippen molar-refractivity contribution in [3.8, 4) is 0 Å². The number of rotatable bonds is 7. The molecule has 0 bridgehead atoms. The van der Waals surface area contributed by atoms with E-state index in [4.69, 9.17) is 0 Å². The number of benzene rings is 2. The van der Waals surface area contributed by atoms with Crippen molar-refractivity contribution < 1.29 is 19.8 Å². The van der Waals surface area contributed by atoms with E-state index in [-0.39, 0.29) is 28.5 Å². The molecule has 5 heteroatoms. The van der Waals surface area contributed by atoms with Crippen LogP contribution in [-0.4, -0.2) is 39.5 Å². The Morgan fingerprint density at radius 1 is 0.958 bits per heavy atom. The Labute approximate surface area is 152 Å². The van der Waals surface area contributed by atoms with Gasteiger partial charge in [-0.1, -0.05) is 49.7 Å². The highest BCUT2D eigenvalue weighted by Crippen LogP contribution is 2.24. The lowest BCUT2D eigenvalue weighted by Crippen LogP contribution is -2.14. The van der Waals surface area contributed by atoms with Crippen LogP contribution in [0.1, 0.15) is 57.2 Å². The van der Waals surface area contributed by atoms with E-state index < -0.39 is 11.9 Å². The Morgan fingerprint density at radius 3 is 2.17 bits per heavy atom. The van der Waals surface area contributed by atoms with Gasteiger partial charge in [0.25, 0.3) is 0 Å². The number of unbranched alkanes of at least 4 members (excludes halogenated alkanes) is 1. The molecule has 0 amide bonds. The average molecular weight is 339 g/mol. The Kier molecular flexibility index (Phi) is 7.71. The van der Waals surface area contributed by atoms with Crippen molar-refractivity contribution in [2.45, 2.75) is 32.6 Å². The highest BCUT2D eigenvalue weighted by atomic mass is 27.0. The predicted octanol–water partition coefficient (Wildman–Crippen LogP) is 3.64. The lowest BCUT2D eigenvalue weighted by Gasteiger charge is -2.15. The maximum atomic E-state index is 11.7. The third kappa shape index (κ3) is 4.70. The van der Waals surface area contributed by atoms with E-state index in [1.807, 2.05) is 37.3 Å². The van der Waals surface area contributed by atoms with Crippen molar-refractivity contribution in [3.63, 3.8) is 0 Å². The maximum Gasteiger partial charge on any atom is 0.336 e. The number of carboxylic acid groups (broad SMARTS) is 2. The van der Waals surface area contributed by atoms with E-state index in [1.165, 1.54) is 6.07 Å². The number of hydrogen-bond acceptors (Lipinski definition) is 2. The lowest BCUT2D eigenvalue weighted by molar-refractivity contribution is 0.0650. The van der Waals surface area contributed by atoms with E-state index in [0.717, 1.165) is 24.0 Å². The topological polar surface area (TPSA) is 74.6 Å². The average Bonchev–Trinajstić information content (AvgIpc) is 2.53. The molecule has 2 aromatic rings. The highest BCUT2D eigenvalue weighted by molar-refractivity contribution is 6.03. The molecular weight excluding hydrogens is 319 g/mol. The van der Waals surface area contributed by atoms with E-state index >= 15 is 0 Å². The van der Waals surface area contributed by atoms with Gasteiger partial charge in [0.15, 0.2) is 0 Å². The van der Waals surface area contributed by atoms with Gasteiger partial charge in [0.05, 0.1) is 11.1 Å². The Morgan fingerprint density at radius 2 is 1.62 bits per heavy atom. The Bertz CT molecular complexity index is 711. The molecule has 2 rings (SSSR count). The first-order chi connectivity index (χ1) is 11.0. The van der Waals surface area contributed by atoms with Crippen LogP contribution in [0.5, 0.6) is 0 Å². The second kappa shape index (κ2) is 9.27. The maximum absolute atomic E-state index is 11.7. The molecule has 0 atom stereocenters. The zero-order chi connectivity index (χ0) is 16.8. The Balaban J connectivity index is 0.00000288. The molecule has 0 aliphatic carbocycles. The van der Waals surface area contributed by atoms with Gasteiger partial charge >= 0.3 is 11.9 Å². The summed E-state index contributed by atoms with van der Waals surface area (Å²) in [5, 5.41) is 18.8. The smallest absolute Gasteiger partial charge is 0.336 e. The normalized spacial score (nSPS) is 10.0. The highest BCUT2D eigenvalue weighted by Gasteiger charge is 2.22. The number of carboxylic acids is 2. The SMILES string of the molecule is CCCCc1c(Cc2ccccc2)ccc(C(=O)O)c1C(=O)O.[Al]. The molecule has 2 aromatic carbocycles. The number of carbonyl (C=O) groups is 2. The van der Waals surface area contributed by atoms with Gasteiger partial charge in [0.2, 0.25) is 0 Å². The minimum absolute atomic E-state index is 0. The molecule has 2 N–H and O–H groups in total. The van der Waals surface area contributed by atoms with Crippen LogP contribution >= 0.6 is 0 Å². The number of hydrogen-bond donors (Lipinski definition) is 2. The van der Waals surface area contributed by atoms with Crippen LogP contribution in [0, 0.1) is 0 Å². The van der Waals surface area contributed by atoms with Gasteiger partial charge in [-0.25, -0.2) is 9.59 Å². The quantitative estimate of drug-likeness (QED) is 0.755. The Hall–Kier alpha value is -2.09. The van der Waals surface area contributed by atoms with Crippen molar-refractivity contribution in [2.75, 3.05) is 0 Å². The molecule has 0 aliphatic heterocycles. The summed E-state index contributed by atoms with van der Waals surface area (Å²) in [6, 6.07) is 12.9. The molecule has 0 saturated heterocycles. The minimum atomic E-state index is -1.20. The van der Waals surface area contributed by atoms with Crippen LogP contribution in [0.3, 0.4) is 0 Å². The van der Waals surface area contributed by atoms with Gasteiger partial charge in [-0.05, 0) is 42.0 Å². The molecule has 0 aliphatic rings. The van der Waals surface area contributed by atoms with Gasteiger partial charge in [-0.15, -0.1) is 0 Å². The first kappa shape index (κ1) is 20.0. The van der Waals surface area contributed by atoms with Gasteiger partial charge in [0.1, 0.15) is 0 Å². The zero-order valence-electron chi connectivity index (χ0n) is 13.7. The summed E-state index contributed by atoms with van der Waals surface area (Å²) in [5.41, 5.74) is 2.39. The second-order valence-corrected chi connectivity index (χ2v) is 5.50. The summed E-state index contributed by atoms with van der Waals surface area (Å²) in [7, 11) is 0. The number of aromatic carboxylic acids is 2. The first-order valence-corrected chi connectivity index (χ1v) is 7.69. The van der Waals surface area contributed by atoms with Gasteiger partial charge in [-0.3, -0.25) is 0 Å². The fourth-order valence-electron chi connectivity index (χ4n) is 2.73. The van der Waals surface area contributed by atoms with Crippen LogP contribution in [0.2, 0.25) is 0 Å². The van der Waals surface area contributed by atoms with Crippen LogP contribution in [0.4, 0.5) is 0 Å². The summed E-state index contributed by atoms with van der Waals surface area (Å²) >= 11 is 0. The molecule has 0 fully saturated rings. The molecule has 0 spiro atoms. The van der Waals surface area contributed by atoms with Gasteiger partial charge in [-0.2, -0.15) is 0 Å². The molecule has 0 aromatic heterocycles. The largest absolute Gasteiger partial charge is 0.478 e. The van der Waals surface area contributed by atoms with E-state index in [2.05, 4.69) is 0 Å². The van der Waals surface area contributed by atoms with Gasteiger partial charge in [0, 0.05) is 17.4 Å². The van der Waals surface area contributed by atoms with Crippen molar-refractivity contribution in [3.05, 3.63) is 70.3 Å². The summed E-state index contributed by atoms with van der Waals surface area (Å²) in [5.74, 6) is -2.38. The van der Waals surface area contributed by atoms with Crippen molar-refractivity contribution in [1.29, 1.82) is 0 Å². The molecule has 3 radical (unpaired) electrons. The molecule has 123 valence electrons. The fourth-order valence-corrected chi connectivity index (χ4v) is 2.73. The molecule has 4 nitrogen and oxygen atoms in total. The van der Waals surface area contributed by atoms with Gasteiger partial charge < -0.3 is 10.2 Å². The van der Waals surface area contributed by atoms with Crippen molar-refractivity contribution >= 4 is 29.3 Å². The standard InChI is InChI=1S/C19H20O4.Al/c1-2-3-9-15-14(12-13-7-5-4-6-8-13)10-11-16(18(20)21)17(15)19(22)23;/h4-8,10-11H,2-3,9,12H2,1H3,(H,20,21)(H,22,23);. The minimum Gasteiger partial charge on any atom is -0.478 e. The van der Waals surface area contributed by atoms with E-state index in [1.54, 1.807) is 6.07 Å². The molecular formula is C19H20AlO4. The molecule has 24 heavy (non-hydrogen) atoms. The van der Waals surface area contributed by atoms with E-state index in [0.29, 0.717) is 18.4 Å². The summed E-state index contributed by atoms with van der Waals surface area (Å²) in [4.78, 5) is 23.0. The van der Waals surface area contributed by atoms with Crippen LogP contribution in [0.25, 0.3) is 0 Å². The molecule has 0 unspecified atom stereocenters. The summed E-state index contributed by atoms with van der Waals surface area (Å²) in [6.07, 6.45) is 2.91. The van der Waals surface area contributed by atoms with Crippen LogP contribution in [0.15, 0.2) is 42.5 Å². The summed E-state index contributed by atoms with van der Waals surface area (Å²) in [6.45, 7) is 2.03.